The van der Waals surface area contributed by atoms with Crippen molar-refractivity contribution in [1.82, 2.24) is 0 Å². The third kappa shape index (κ3) is 4.79. The molecule has 0 heterocycles. The number of hydrogen-bond acceptors (Lipinski definition) is 4. The van der Waals surface area contributed by atoms with E-state index in [1.165, 1.54) is 0 Å². The summed E-state index contributed by atoms with van der Waals surface area (Å²) in [7, 11) is 1.57. The van der Waals surface area contributed by atoms with Crippen LogP contribution in [0, 0.1) is 0 Å². The Kier molecular flexibility index (Phi) is 5.86. The van der Waals surface area contributed by atoms with Gasteiger partial charge in [-0.2, -0.15) is 0 Å². The van der Waals surface area contributed by atoms with Crippen LogP contribution in [0.5, 0.6) is 5.75 Å². The molecular formula is C17H19NO3S. The topological polar surface area (TPSA) is 58.6 Å². The van der Waals surface area contributed by atoms with Crippen LogP contribution < -0.4 is 10.1 Å². The van der Waals surface area contributed by atoms with E-state index in [1.807, 2.05) is 48.5 Å². The molecule has 2 rings (SSSR count). The van der Waals surface area contributed by atoms with Gasteiger partial charge in [0.15, 0.2) is 0 Å². The molecule has 0 saturated heterocycles. The molecule has 0 bridgehead atoms. The second-order valence-electron chi connectivity index (χ2n) is 4.88. The van der Waals surface area contributed by atoms with Crippen LogP contribution >= 0.6 is 11.8 Å². The molecule has 116 valence electrons. The van der Waals surface area contributed by atoms with Crippen LogP contribution in [0.1, 0.15) is 13.3 Å². The molecule has 0 aliphatic heterocycles. The maximum Gasteiger partial charge on any atom is 0.227 e. The summed E-state index contributed by atoms with van der Waals surface area (Å²) < 4.78 is 5.34. The molecule has 22 heavy (non-hydrogen) atoms. The molecule has 0 fully saturated rings. The summed E-state index contributed by atoms with van der Waals surface area (Å²) in [5, 5.41) is 12.0. The highest BCUT2D eigenvalue weighted by molar-refractivity contribution is 7.99. The predicted octanol–water partition coefficient (Wildman–Crippen LogP) is 3.56. The Morgan fingerprint density at radius 1 is 1.23 bits per heavy atom. The number of benzene rings is 2. The first-order valence-electron chi connectivity index (χ1n) is 6.97. The molecule has 0 aromatic heterocycles. The van der Waals surface area contributed by atoms with Crippen molar-refractivity contribution in [3.8, 4) is 5.75 Å². The van der Waals surface area contributed by atoms with Crippen LogP contribution in [-0.2, 0) is 4.79 Å². The quantitative estimate of drug-likeness (QED) is 0.855. The molecule has 0 aliphatic carbocycles. The second-order valence-corrected chi connectivity index (χ2v) is 6.03. The zero-order valence-corrected chi connectivity index (χ0v) is 13.4. The molecule has 1 amide bonds. The van der Waals surface area contributed by atoms with Gasteiger partial charge in [0.2, 0.25) is 5.91 Å². The molecule has 0 saturated carbocycles. The predicted molar refractivity (Wildman–Crippen MR) is 88.5 cm³/mol. The Bertz CT molecular complexity index is 629. The standard InChI is InChI=1S/C17H19NO3S/c1-12(19)10-17(20)18-15-9-8-14(11-16(15)21-2)22-13-6-4-3-5-7-13/h3-9,11-12,19H,10H2,1-2H3,(H,18,20). The van der Waals surface area contributed by atoms with Gasteiger partial charge < -0.3 is 15.2 Å². The minimum absolute atomic E-state index is 0.0592. The van der Waals surface area contributed by atoms with Crippen molar-refractivity contribution < 1.29 is 14.6 Å². The number of amides is 1. The van der Waals surface area contributed by atoms with Gasteiger partial charge in [0.25, 0.3) is 0 Å². The number of ether oxygens (including phenoxy) is 1. The average Bonchev–Trinajstić information content (AvgIpc) is 2.49. The van der Waals surface area contributed by atoms with Crippen LogP contribution in [0.3, 0.4) is 0 Å². The van der Waals surface area contributed by atoms with Gasteiger partial charge >= 0.3 is 0 Å². The van der Waals surface area contributed by atoms with Crippen LogP contribution in [0.15, 0.2) is 58.3 Å². The Morgan fingerprint density at radius 2 is 1.95 bits per heavy atom. The minimum atomic E-state index is -0.668. The maximum atomic E-state index is 11.7. The number of aliphatic hydroxyl groups excluding tert-OH is 1. The number of carbonyl (C=O) groups is 1. The minimum Gasteiger partial charge on any atom is -0.495 e. The summed E-state index contributed by atoms with van der Waals surface area (Å²) >= 11 is 1.62. The van der Waals surface area contributed by atoms with Crippen LogP contribution in [0.4, 0.5) is 5.69 Å². The van der Waals surface area contributed by atoms with Crippen molar-refractivity contribution in [2.75, 3.05) is 12.4 Å². The smallest absolute Gasteiger partial charge is 0.227 e. The Labute approximate surface area is 134 Å². The Balaban J connectivity index is 2.12. The molecule has 2 aromatic rings. The first kappa shape index (κ1) is 16.4. The highest BCUT2D eigenvalue weighted by atomic mass is 32.2. The van der Waals surface area contributed by atoms with Crippen LogP contribution in [-0.4, -0.2) is 24.2 Å². The zero-order chi connectivity index (χ0) is 15.9. The van der Waals surface area contributed by atoms with Gasteiger partial charge in [-0.05, 0) is 37.3 Å². The van der Waals surface area contributed by atoms with Crippen LogP contribution in [0.25, 0.3) is 0 Å². The maximum absolute atomic E-state index is 11.7. The van der Waals surface area contributed by atoms with Crippen molar-refractivity contribution in [3.63, 3.8) is 0 Å². The zero-order valence-electron chi connectivity index (χ0n) is 12.6. The molecule has 1 unspecified atom stereocenters. The lowest BCUT2D eigenvalue weighted by Crippen LogP contribution is -2.17. The summed E-state index contributed by atoms with van der Waals surface area (Å²) in [6.45, 7) is 1.58. The summed E-state index contributed by atoms with van der Waals surface area (Å²) in [4.78, 5) is 13.9. The van der Waals surface area contributed by atoms with E-state index in [-0.39, 0.29) is 12.3 Å². The van der Waals surface area contributed by atoms with E-state index < -0.39 is 6.10 Å². The van der Waals surface area contributed by atoms with Crippen molar-refractivity contribution >= 4 is 23.4 Å². The van der Waals surface area contributed by atoms with Crippen molar-refractivity contribution in [1.29, 1.82) is 0 Å². The lowest BCUT2D eigenvalue weighted by Gasteiger charge is -2.12. The fraction of sp³-hybridized carbons (Fsp3) is 0.235. The number of carbonyl (C=O) groups excluding carboxylic acids is 1. The molecular weight excluding hydrogens is 298 g/mol. The van der Waals surface area contributed by atoms with Gasteiger partial charge in [0, 0.05) is 9.79 Å². The van der Waals surface area contributed by atoms with Crippen molar-refractivity contribution in [3.05, 3.63) is 48.5 Å². The molecule has 5 heteroatoms. The van der Waals surface area contributed by atoms with E-state index in [0.717, 1.165) is 9.79 Å². The SMILES string of the molecule is COc1cc(Sc2ccccc2)ccc1NC(=O)CC(C)O. The van der Waals surface area contributed by atoms with E-state index in [2.05, 4.69) is 5.32 Å². The van der Waals surface area contributed by atoms with Gasteiger partial charge in [-0.1, -0.05) is 30.0 Å². The lowest BCUT2D eigenvalue weighted by atomic mass is 10.2. The first-order valence-corrected chi connectivity index (χ1v) is 7.79. The summed E-state index contributed by atoms with van der Waals surface area (Å²) in [6.07, 6.45) is -0.608. The summed E-state index contributed by atoms with van der Waals surface area (Å²) in [5.41, 5.74) is 0.602. The largest absolute Gasteiger partial charge is 0.495 e. The van der Waals surface area contributed by atoms with Gasteiger partial charge in [-0.25, -0.2) is 0 Å². The number of aliphatic hydroxyl groups is 1. The molecule has 0 spiro atoms. The highest BCUT2D eigenvalue weighted by Gasteiger charge is 2.11. The van der Waals surface area contributed by atoms with E-state index in [1.54, 1.807) is 25.8 Å². The van der Waals surface area contributed by atoms with E-state index in [9.17, 15) is 9.90 Å². The van der Waals surface area contributed by atoms with E-state index in [0.29, 0.717) is 11.4 Å². The molecule has 2 aromatic carbocycles. The number of nitrogens with one attached hydrogen (secondary N) is 1. The number of rotatable bonds is 6. The van der Waals surface area contributed by atoms with Crippen molar-refractivity contribution in [2.24, 2.45) is 0 Å². The van der Waals surface area contributed by atoms with Gasteiger partial charge in [-0.3, -0.25) is 4.79 Å². The monoisotopic (exact) mass is 317 g/mol. The number of methoxy groups -OCH3 is 1. The Hall–Kier alpha value is -1.98. The number of anilines is 1. The van der Waals surface area contributed by atoms with Gasteiger partial charge in [0.05, 0.1) is 25.3 Å². The fourth-order valence-corrected chi connectivity index (χ4v) is 2.80. The summed E-state index contributed by atoms with van der Waals surface area (Å²) in [6, 6.07) is 15.7. The third-order valence-corrected chi connectivity index (χ3v) is 3.90. The molecule has 4 nitrogen and oxygen atoms in total. The molecule has 0 radical (unpaired) electrons. The number of hydrogen-bond donors (Lipinski definition) is 2. The molecule has 1 atom stereocenters. The van der Waals surface area contributed by atoms with Gasteiger partial charge in [-0.15, -0.1) is 0 Å². The fourth-order valence-electron chi connectivity index (χ4n) is 1.93. The molecule has 0 aliphatic rings. The van der Waals surface area contributed by atoms with Crippen LogP contribution in [0.2, 0.25) is 0 Å². The first-order chi connectivity index (χ1) is 10.6. The second kappa shape index (κ2) is 7.87. The highest BCUT2D eigenvalue weighted by Crippen LogP contribution is 2.34. The Morgan fingerprint density at radius 3 is 2.59 bits per heavy atom. The van der Waals surface area contributed by atoms with E-state index >= 15 is 0 Å². The summed E-state index contributed by atoms with van der Waals surface area (Å²) in [5.74, 6) is 0.358. The van der Waals surface area contributed by atoms with Gasteiger partial charge in [0.1, 0.15) is 5.75 Å². The van der Waals surface area contributed by atoms with Crippen molar-refractivity contribution in [2.45, 2.75) is 29.2 Å². The molecule has 2 N–H and O–H groups in total. The van der Waals surface area contributed by atoms with E-state index in [4.69, 9.17) is 4.74 Å². The normalized spacial score (nSPS) is 11.8. The average molecular weight is 317 g/mol. The third-order valence-electron chi connectivity index (χ3n) is 2.91. The lowest BCUT2D eigenvalue weighted by molar-refractivity contribution is -0.117.